The van der Waals surface area contributed by atoms with Crippen LogP contribution in [0.2, 0.25) is 0 Å². The summed E-state index contributed by atoms with van der Waals surface area (Å²) in [5, 5.41) is 10.9. The number of amides is 1. The zero-order valence-corrected chi connectivity index (χ0v) is 16.6. The molecule has 0 saturated carbocycles. The Hall–Kier alpha value is -2.80. The van der Waals surface area contributed by atoms with Crippen LogP contribution in [0.15, 0.2) is 48.8 Å². The highest BCUT2D eigenvalue weighted by molar-refractivity contribution is 7.11. The zero-order chi connectivity index (χ0) is 19.3. The second-order valence-corrected chi connectivity index (χ2v) is 7.96. The van der Waals surface area contributed by atoms with Crippen LogP contribution in [0, 0.1) is 0 Å². The van der Waals surface area contributed by atoms with Crippen LogP contribution in [-0.4, -0.2) is 46.2 Å². The SMILES string of the molecule is COc1ccc(Cc2nnc(C3CCN(C(=O)c4cccnc4)CC3)s2)cc1. The van der Waals surface area contributed by atoms with Crippen molar-refractivity contribution in [2.45, 2.75) is 25.2 Å². The molecule has 6 nitrogen and oxygen atoms in total. The third kappa shape index (κ3) is 4.20. The minimum absolute atomic E-state index is 0.0593. The van der Waals surface area contributed by atoms with Crippen LogP contribution >= 0.6 is 11.3 Å². The van der Waals surface area contributed by atoms with Gasteiger partial charge in [-0.2, -0.15) is 0 Å². The first-order chi connectivity index (χ1) is 13.7. The third-order valence-electron chi connectivity index (χ3n) is 5.04. The van der Waals surface area contributed by atoms with Crippen molar-refractivity contribution >= 4 is 17.2 Å². The van der Waals surface area contributed by atoms with E-state index in [4.69, 9.17) is 4.74 Å². The van der Waals surface area contributed by atoms with Gasteiger partial charge in [0.15, 0.2) is 0 Å². The van der Waals surface area contributed by atoms with Gasteiger partial charge in [0.1, 0.15) is 15.8 Å². The van der Waals surface area contributed by atoms with E-state index >= 15 is 0 Å². The smallest absolute Gasteiger partial charge is 0.255 e. The predicted molar refractivity (Wildman–Crippen MR) is 108 cm³/mol. The van der Waals surface area contributed by atoms with Gasteiger partial charge in [-0.25, -0.2) is 0 Å². The fourth-order valence-corrected chi connectivity index (χ4v) is 4.47. The van der Waals surface area contributed by atoms with Gasteiger partial charge in [0.05, 0.1) is 12.7 Å². The highest BCUT2D eigenvalue weighted by Gasteiger charge is 2.26. The summed E-state index contributed by atoms with van der Waals surface area (Å²) in [6.07, 6.45) is 5.93. The maximum Gasteiger partial charge on any atom is 0.255 e. The Balaban J connectivity index is 1.34. The van der Waals surface area contributed by atoms with Crippen molar-refractivity contribution < 1.29 is 9.53 Å². The number of pyridine rings is 1. The number of piperidine rings is 1. The molecule has 0 unspecified atom stereocenters. The summed E-state index contributed by atoms with van der Waals surface area (Å²) in [5.41, 5.74) is 1.85. The Morgan fingerprint density at radius 2 is 1.96 bits per heavy atom. The molecule has 0 radical (unpaired) electrons. The number of carbonyl (C=O) groups is 1. The van der Waals surface area contributed by atoms with E-state index in [1.54, 1.807) is 36.9 Å². The number of ether oxygens (including phenoxy) is 1. The van der Waals surface area contributed by atoms with Crippen molar-refractivity contribution in [1.29, 1.82) is 0 Å². The average Bonchev–Trinajstić information content (AvgIpc) is 3.23. The molecule has 4 rings (SSSR count). The van der Waals surface area contributed by atoms with Crippen LogP contribution in [0.4, 0.5) is 0 Å². The van der Waals surface area contributed by atoms with E-state index in [9.17, 15) is 4.79 Å². The van der Waals surface area contributed by atoms with Gasteiger partial charge in [0.2, 0.25) is 0 Å². The molecule has 1 saturated heterocycles. The fourth-order valence-electron chi connectivity index (χ4n) is 3.42. The number of likely N-dealkylation sites (tertiary alicyclic amines) is 1. The Labute approximate surface area is 168 Å². The minimum atomic E-state index is 0.0593. The number of nitrogens with zero attached hydrogens (tertiary/aromatic N) is 4. The number of hydrogen-bond acceptors (Lipinski definition) is 6. The van der Waals surface area contributed by atoms with E-state index in [0.29, 0.717) is 11.5 Å². The van der Waals surface area contributed by atoms with Crippen LogP contribution in [0.5, 0.6) is 5.75 Å². The van der Waals surface area contributed by atoms with Gasteiger partial charge in [-0.3, -0.25) is 9.78 Å². The van der Waals surface area contributed by atoms with Crippen LogP contribution in [0.3, 0.4) is 0 Å². The fraction of sp³-hybridized carbons (Fsp3) is 0.333. The standard InChI is InChI=1S/C21H22N4O2S/c1-27-18-6-4-15(5-7-18)13-19-23-24-20(28-19)16-8-11-25(12-9-16)21(26)17-3-2-10-22-14-17/h2-7,10,14,16H,8-9,11-13H2,1H3. The first-order valence-electron chi connectivity index (χ1n) is 9.37. The molecule has 3 heterocycles. The molecule has 3 aromatic rings. The summed E-state index contributed by atoms with van der Waals surface area (Å²) in [6, 6.07) is 11.7. The van der Waals surface area contributed by atoms with Crippen LogP contribution < -0.4 is 4.74 Å². The lowest BCUT2D eigenvalue weighted by atomic mass is 9.97. The molecule has 0 bridgehead atoms. The van der Waals surface area contributed by atoms with E-state index in [0.717, 1.165) is 48.1 Å². The molecule has 0 N–H and O–H groups in total. The maximum absolute atomic E-state index is 12.5. The monoisotopic (exact) mass is 394 g/mol. The summed E-state index contributed by atoms with van der Waals surface area (Å²) >= 11 is 1.68. The second-order valence-electron chi connectivity index (χ2n) is 6.87. The topological polar surface area (TPSA) is 68.2 Å². The number of carbonyl (C=O) groups excluding carboxylic acids is 1. The lowest BCUT2D eigenvalue weighted by molar-refractivity contribution is 0.0712. The summed E-state index contributed by atoms with van der Waals surface area (Å²) < 4.78 is 5.20. The first kappa shape index (κ1) is 18.6. The quantitative estimate of drug-likeness (QED) is 0.662. The predicted octanol–water partition coefficient (Wildman–Crippen LogP) is 3.55. The zero-order valence-electron chi connectivity index (χ0n) is 15.7. The van der Waals surface area contributed by atoms with Gasteiger partial charge in [-0.05, 0) is 42.7 Å². The molecule has 1 aromatic carbocycles. The Morgan fingerprint density at radius 1 is 1.18 bits per heavy atom. The van der Waals surface area contributed by atoms with Gasteiger partial charge in [0, 0.05) is 37.8 Å². The molecule has 0 aliphatic carbocycles. The highest BCUT2D eigenvalue weighted by Crippen LogP contribution is 2.31. The number of rotatable bonds is 5. The molecule has 144 valence electrons. The summed E-state index contributed by atoms with van der Waals surface area (Å²) in [5.74, 6) is 1.29. The minimum Gasteiger partial charge on any atom is -0.497 e. The maximum atomic E-state index is 12.5. The number of aromatic nitrogens is 3. The number of methoxy groups -OCH3 is 1. The molecule has 7 heteroatoms. The van der Waals surface area contributed by atoms with E-state index in [1.165, 1.54) is 5.56 Å². The molecule has 28 heavy (non-hydrogen) atoms. The average molecular weight is 395 g/mol. The van der Waals surface area contributed by atoms with Crippen LogP contribution in [-0.2, 0) is 6.42 Å². The van der Waals surface area contributed by atoms with E-state index in [2.05, 4.69) is 27.3 Å². The number of hydrogen-bond donors (Lipinski definition) is 0. The third-order valence-corrected chi connectivity index (χ3v) is 6.12. The van der Waals surface area contributed by atoms with E-state index in [-0.39, 0.29) is 5.91 Å². The van der Waals surface area contributed by atoms with Crippen molar-refractivity contribution in [2.75, 3.05) is 20.2 Å². The van der Waals surface area contributed by atoms with Gasteiger partial charge in [-0.15, -0.1) is 21.5 Å². The molecular weight excluding hydrogens is 372 g/mol. The molecule has 1 amide bonds. The van der Waals surface area contributed by atoms with Gasteiger partial charge in [-0.1, -0.05) is 12.1 Å². The van der Waals surface area contributed by atoms with Crippen LogP contribution in [0.25, 0.3) is 0 Å². The second kappa shape index (κ2) is 8.48. The largest absolute Gasteiger partial charge is 0.497 e. The van der Waals surface area contributed by atoms with Crippen molar-refractivity contribution in [3.63, 3.8) is 0 Å². The van der Waals surface area contributed by atoms with Crippen molar-refractivity contribution in [1.82, 2.24) is 20.1 Å². The Kier molecular flexibility index (Phi) is 5.62. The Bertz CT molecular complexity index is 919. The van der Waals surface area contributed by atoms with Gasteiger partial charge >= 0.3 is 0 Å². The van der Waals surface area contributed by atoms with E-state index in [1.807, 2.05) is 23.1 Å². The van der Waals surface area contributed by atoms with Crippen molar-refractivity contribution in [2.24, 2.45) is 0 Å². The van der Waals surface area contributed by atoms with Crippen molar-refractivity contribution in [3.8, 4) is 5.75 Å². The highest BCUT2D eigenvalue weighted by atomic mass is 32.1. The molecular formula is C21H22N4O2S. The molecule has 2 aromatic heterocycles. The van der Waals surface area contributed by atoms with Gasteiger partial charge < -0.3 is 9.64 Å². The first-order valence-corrected chi connectivity index (χ1v) is 10.2. The molecule has 0 atom stereocenters. The Morgan fingerprint density at radius 3 is 2.64 bits per heavy atom. The lowest BCUT2D eigenvalue weighted by Crippen LogP contribution is -2.37. The van der Waals surface area contributed by atoms with Crippen LogP contribution in [0.1, 0.15) is 44.7 Å². The lowest BCUT2D eigenvalue weighted by Gasteiger charge is -2.30. The summed E-state index contributed by atoms with van der Waals surface area (Å²) in [7, 11) is 1.67. The van der Waals surface area contributed by atoms with Crippen molar-refractivity contribution in [3.05, 3.63) is 69.9 Å². The summed E-state index contributed by atoms with van der Waals surface area (Å²) in [4.78, 5) is 18.5. The molecule has 1 aliphatic heterocycles. The normalized spacial score (nSPS) is 14.8. The molecule has 1 aliphatic rings. The molecule has 0 spiro atoms. The number of benzene rings is 1. The van der Waals surface area contributed by atoms with Gasteiger partial charge in [0.25, 0.3) is 5.91 Å². The molecule has 1 fully saturated rings. The van der Waals surface area contributed by atoms with E-state index < -0.39 is 0 Å². The summed E-state index contributed by atoms with van der Waals surface area (Å²) in [6.45, 7) is 1.48.